The third kappa shape index (κ3) is 2.23. The van der Waals surface area contributed by atoms with Crippen molar-refractivity contribution in [3.8, 4) is 0 Å². The van der Waals surface area contributed by atoms with Gasteiger partial charge in [0, 0.05) is 6.07 Å². The molecule has 0 spiro atoms. The van der Waals surface area contributed by atoms with Gasteiger partial charge in [-0.25, -0.2) is 8.78 Å². The van der Waals surface area contributed by atoms with E-state index in [4.69, 9.17) is 0 Å². The Kier molecular flexibility index (Phi) is 3.10. The van der Waals surface area contributed by atoms with Gasteiger partial charge in [0.25, 0.3) is 5.92 Å². The molecule has 0 bridgehead atoms. The van der Waals surface area contributed by atoms with E-state index in [1.807, 2.05) is 0 Å². The topological polar surface area (TPSA) is 12.0 Å². The van der Waals surface area contributed by atoms with E-state index in [0.29, 0.717) is 6.07 Å². The molecule has 0 radical (unpaired) electrons. The Labute approximate surface area is 78.7 Å². The van der Waals surface area contributed by atoms with Gasteiger partial charge >= 0.3 is 0 Å². The second-order valence-corrected chi connectivity index (χ2v) is 2.86. The van der Waals surface area contributed by atoms with Crippen LogP contribution in [0.25, 0.3) is 0 Å². The predicted octanol–water partition coefficient (Wildman–Crippen LogP) is 2.28. The summed E-state index contributed by atoms with van der Waals surface area (Å²) < 4.78 is 51.6. The summed E-state index contributed by atoms with van der Waals surface area (Å²) in [6.45, 7) is -0.685. The number of rotatable bonds is 3. The first-order valence-corrected chi connectivity index (χ1v) is 3.95. The number of hydrogen-bond donors (Lipinski definition) is 1. The van der Waals surface area contributed by atoms with Gasteiger partial charge in [-0.05, 0) is 19.2 Å². The van der Waals surface area contributed by atoms with Crippen molar-refractivity contribution >= 4 is 0 Å². The minimum absolute atomic E-state index is 0.443. The molecule has 0 aromatic heterocycles. The second kappa shape index (κ2) is 3.96. The normalized spacial score (nSPS) is 11.8. The summed E-state index contributed by atoms with van der Waals surface area (Å²) in [7, 11) is 1.33. The first-order chi connectivity index (χ1) is 6.47. The zero-order valence-corrected chi connectivity index (χ0v) is 7.45. The fraction of sp³-hybridized carbons (Fsp3) is 0.333. The van der Waals surface area contributed by atoms with E-state index in [-0.39, 0.29) is 0 Å². The van der Waals surface area contributed by atoms with Crippen molar-refractivity contribution in [2.45, 2.75) is 5.92 Å². The lowest BCUT2D eigenvalue weighted by Crippen LogP contribution is -2.29. The minimum atomic E-state index is -3.33. The van der Waals surface area contributed by atoms with Gasteiger partial charge in [-0.1, -0.05) is 0 Å². The lowest BCUT2D eigenvalue weighted by Gasteiger charge is -2.16. The first kappa shape index (κ1) is 11.0. The summed E-state index contributed by atoms with van der Waals surface area (Å²) >= 11 is 0. The van der Waals surface area contributed by atoms with Crippen molar-refractivity contribution < 1.29 is 17.6 Å². The average molecular weight is 207 g/mol. The highest BCUT2D eigenvalue weighted by Crippen LogP contribution is 2.29. The molecule has 0 aliphatic heterocycles. The van der Waals surface area contributed by atoms with E-state index in [2.05, 4.69) is 5.32 Å². The molecule has 0 unspecified atom stereocenters. The minimum Gasteiger partial charge on any atom is -0.314 e. The van der Waals surface area contributed by atoms with Crippen LogP contribution in [0.4, 0.5) is 17.6 Å². The number of halogens is 4. The van der Waals surface area contributed by atoms with Gasteiger partial charge in [0.05, 0.1) is 12.1 Å². The smallest absolute Gasteiger partial charge is 0.288 e. The van der Waals surface area contributed by atoms with Gasteiger partial charge in [-0.15, -0.1) is 0 Å². The Morgan fingerprint density at radius 1 is 1.29 bits per heavy atom. The maximum absolute atomic E-state index is 13.1. The molecule has 0 amide bonds. The predicted molar refractivity (Wildman–Crippen MR) is 44.2 cm³/mol. The largest absolute Gasteiger partial charge is 0.314 e. The van der Waals surface area contributed by atoms with Gasteiger partial charge in [0.1, 0.15) is 11.6 Å². The number of alkyl halides is 2. The average Bonchev–Trinajstić information content (AvgIpc) is 2.02. The van der Waals surface area contributed by atoms with Gasteiger partial charge in [-0.3, -0.25) is 0 Å². The highest BCUT2D eigenvalue weighted by molar-refractivity contribution is 5.23. The number of benzene rings is 1. The molecule has 1 aromatic carbocycles. The van der Waals surface area contributed by atoms with Crippen molar-refractivity contribution in [3.63, 3.8) is 0 Å². The van der Waals surface area contributed by atoms with E-state index in [1.54, 1.807) is 0 Å². The zero-order valence-electron chi connectivity index (χ0n) is 7.45. The summed E-state index contributed by atoms with van der Waals surface area (Å²) in [6, 6.07) is 2.00. The van der Waals surface area contributed by atoms with Crippen LogP contribution in [0.15, 0.2) is 18.2 Å². The zero-order chi connectivity index (χ0) is 10.8. The van der Waals surface area contributed by atoms with Crippen molar-refractivity contribution in [1.29, 1.82) is 0 Å². The molecule has 1 nitrogen and oxygen atoms in total. The molecule has 14 heavy (non-hydrogen) atoms. The molecular weight excluding hydrogens is 198 g/mol. The molecule has 1 rings (SSSR count). The van der Waals surface area contributed by atoms with E-state index in [1.165, 1.54) is 7.05 Å². The van der Waals surface area contributed by atoms with Crippen LogP contribution in [0.5, 0.6) is 0 Å². The van der Waals surface area contributed by atoms with Crippen LogP contribution in [0.2, 0.25) is 0 Å². The molecule has 0 atom stereocenters. The van der Waals surface area contributed by atoms with E-state index >= 15 is 0 Å². The molecule has 0 aliphatic carbocycles. The molecule has 0 fully saturated rings. The lowest BCUT2D eigenvalue weighted by atomic mass is 10.1. The van der Waals surface area contributed by atoms with Crippen molar-refractivity contribution in [1.82, 2.24) is 5.32 Å². The van der Waals surface area contributed by atoms with Crippen LogP contribution in [0, 0.1) is 11.6 Å². The number of likely N-dealkylation sites (N-methyl/N-ethyl adjacent to an activating group) is 1. The van der Waals surface area contributed by atoms with Crippen LogP contribution >= 0.6 is 0 Å². The van der Waals surface area contributed by atoms with Crippen LogP contribution in [-0.4, -0.2) is 13.6 Å². The molecule has 0 aliphatic rings. The Hall–Kier alpha value is -1.10. The maximum Gasteiger partial charge on any atom is 0.288 e. The molecular formula is C9H9F4N. The van der Waals surface area contributed by atoms with Gasteiger partial charge in [-0.2, -0.15) is 8.78 Å². The van der Waals surface area contributed by atoms with E-state index < -0.39 is 29.7 Å². The molecule has 0 heterocycles. The summed E-state index contributed by atoms with van der Waals surface area (Å²) in [6.07, 6.45) is 0. The van der Waals surface area contributed by atoms with Gasteiger partial charge < -0.3 is 5.32 Å². The molecule has 0 saturated heterocycles. The summed E-state index contributed by atoms with van der Waals surface area (Å²) in [5.74, 6) is -5.43. The number of hydrogen-bond acceptors (Lipinski definition) is 1. The fourth-order valence-electron chi connectivity index (χ4n) is 1.10. The highest BCUT2D eigenvalue weighted by Gasteiger charge is 2.33. The third-order valence-electron chi connectivity index (χ3n) is 1.72. The maximum atomic E-state index is 13.1. The second-order valence-electron chi connectivity index (χ2n) is 2.86. The van der Waals surface area contributed by atoms with Crippen molar-refractivity contribution in [2.24, 2.45) is 0 Å². The van der Waals surface area contributed by atoms with E-state index in [0.717, 1.165) is 12.1 Å². The quantitative estimate of drug-likeness (QED) is 0.750. The summed E-state index contributed by atoms with van der Waals surface area (Å²) in [4.78, 5) is 0. The summed E-state index contributed by atoms with van der Waals surface area (Å²) in [5.41, 5.74) is -0.798. The number of nitrogens with one attached hydrogen (secondary N) is 1. The van der Waals surface area contributed by atoms with Crippen LogP contribution in [-0.2, 0) is 5.92 Å². The standard InChI is InChI=1S/C9H9F4N/c1-14-5-9(12,13)7-3-2-6(10)4-8(7)11/h2-4,14H,5H2,1H3. The van der Waals surface area contributed by atoms with Crippen molar-refractivity contribution in [2.75, 3.05) is 13.6 Å². The SMILES string of the molecule is CNCC(F)(F)c1ccc(F)cc1F. The molecule has 1 N–H and O–H groups in total. The molecule has 78 valence electrons. The monoisotopic (exact) mass is 207 g/mol. The van der Waals surface area contributed by atoms with Crippen LogP contribution in [0.1, 0.15) is 5.56 Å². The lowest BCUT2D eigenvalue weighted by molar-refractivity contribution is -0.00479. The van der Waals surface area contributed by atoms with Crippen LogP contribution < -0.4 is 5.32 Å². The molecule has 0 saturated carbocycles. The Bertz CT molecular complexity index is 325. The third-order valence-corrected chi connectivity index (χ3v) is 1.72. The molecule has 5 heteroatoms. The van der Waals surface area contributed by atoms with E-state index in [9.17, 15) is 17.6 Å². The fourth-order valence-corrected chi connectivity index (χ4v) is 1.10. The van der Waals surface area contributed by atoms with Gasteiger partial charge in [0.2, 0.25) is 0 Å². The van der Waals surface area contributed by atoms with Gasteiger partial charge in [0.15, 0.2) is 0 Å². The van der Waals surface area contributed by atoms with Crippen molar-refractivity contribution in [3.05, 3.63) is 35.4 Å². The molecule has 1 aromatic rings. The Morgan fingerprint density at radius 3 is 2.43 bits per heavy atom. The highest BCUT2D eigenvalue weighted by atomic mass is 19.3. The van der Waals surface area contributed by atoms with Crippen LogP contribution in [0.3, 0.4) is 0 Å². The first-order valence-electron chi connectivity index (χ1n) is 3.95. The Balaban J connectivity index is 3.06. The Morgan fingerprint density at radius 2 is 1.93 bits per heavy atom. The summed E-state index contributed by atoms with van der Waals surface area (Å²) in [5, 5.41) is 2.24.